The topological polar surface area (TPSA) is 89.5 Å². The molecule has 0 bridgehead atoms. The first-order chi connectivity index (χ1) is 10.0. The van der Waals surface area contributed by atoms with Crippen LogP contribution >= 0.6 is 0 Å². The van der Waals surface area contributed by atoms with E-state index in [2.05, 4.69) is 13.2 Å². The molecular formula is C12H20O8Si. The van der Waals surface area contributed by atoms with Crippen LogP contribution < -0.4 is 0 Å². The van der Waals surface area contributed by atoms with Crippen molar-refractivity contribution in [2.45, 2.75) is 0 Å². The Morgan fingerprint density at radius 1 is 0.857 bits per heavy atom. The Labute approximate surface area is 124 Å². The van der Waals surface area contributed by atoms with E-state index in [0.717, 1.165) is 12.2 Å². The molecule has 0 saturated heterocycles. The molecule has 0 aliphatic heterocycles. The van der Waals surface area contributed by atoms with Crippen LogP contribution in [0.15, 0.2) is 25.3 Å². The molecule has 0 aliphatic carbocycles. The van der Waals surface area contributed by atoms with Crippen molar-refractivity contribution < 1.29 is 36.8 Å². The second-order valence-electron chi connectivity index (χ2n) is 3.35. The molecule has 0 aromatic carbocycles. The molecule has 0 fully saturated rings. The van der Waals surface area contributed by atoms with E-state index in [9.17, 15) is 9.59 Å². The monoisotopic (exact) mass is 320 g/mol. The van der Waals surface area contributed by atoms with Gasteiger partial charge in [0, 0.05) is 26.4 Å². The molecule has 21 heavy (non-hydrogen) atoms. The lowest BCUT2D eigenvalue weighted by molar-refractivity contribution is -0.139. The zero-order valence-electron chi connectivity index (χ0n) is 12.2. The van der Waals surface area contributed by atoms with Crippen LogP contribution in [0.25, 0.3) is 0 Å². The van der Waals surface area contributed by atoms with E-state index in [-0.39, 0.29) is 26.4 Å². The maximum atomic E-state index is 10.8. The SMILES string of the molecule is C=CC(=O)OCCO[Si](OC)(OC)OCCOC(=O)C=C. The highest BCUT2D eigenvalue weighted by atomic mass is 28.4. The Morgan fingerprint density at radius 3 is 1.52 bits per heavy atom. The van der Waals surface area contributed by atoms with Gasteiger partial charge < -0.3 is 27.2 Å². The van der Waals surface area contributed by atoms with E-state index in [0.29, 0.717) is 0 Å². The van der Waals surface area contributed by atoms with Gasteiger partial charge in [0.15, 0.2) is 0 Å². The highest BCUT2D eigenvalue weighted by Gasteiger charge is 2.43. The molecule has 9 heteroatoms. The van der Waals surface area contributed by atoms with Crippen molar-refractivity contribution in [3.05, 3.63) is 25.3 Å². The van der Waals surface area contributed by atoms with Crippen molar-refractivity contribution >= 4 is 21.0 Å². The molecule has 0 aromatic heterocycles. The van der Waals surface area contributed by atoms with Crippen LogP contribution in [0.4, 0.5) is 0 Å². The Hall–Kier alpha value is -1.52. The second-order valence-corrected chi connectivity index (χ2v) is 5.74. The molecule has 0 aromatic rings. The third-order valence-electron chi connectivity index (χ3n) is 2.05. The molecule has 0 amide bonds. The van der Waals surface area contributed by atoms with Gasteiger partial charge in [-0.2, -0.15) is 0 Å². The maximum Gasteiger partial charge on any atom is 0.679 e. The van der Waals surface area contributed by atoms with Crippen molar-refractivity contribution in [2.75, 3.05) is 40.6 Å². The number of carbonyl (C=O) groups excluding carboxylic acids is 2. The van der Waals surface area contributed by atoms with Crippen molar-refractivity contribution in [3.63, 3.8) is 0 Å². The summed E-state index contributed by atoms with van der Waals surface area (Å²) in [6.45, 7) is 6.58. The zero-order valence-corrected chi connectivity index (χ0v) is 13.2. The minimum atomic E-state index is -3.34. The third-order valence-corrected chi connectivity index (χ3v) is 4.16. The number of ether oxygens (including phenoxy) is 2. The summed E-state index contributed by atoms with van der Waals surface area (Å²) in [5.74, 6) is -1.11. The summed E-state index contributed by atoms with van der Waals surface area (Å²) in [5, 5.41) is 0. The lowest BCUT2D eigenvalue weighted by atomic mass is 10.6. The third kappa shape index (κ3) is 8.37. The van der Waals surface area contributed by atoms with Gasteiger partial charge in [0.2, 0.25) is 0 Å². The predicted octanol–water partition coefficient (Wildman–Crippen LogP) is 0.206. The van der Waals surface area contributed by atoms with Crippen LogP contribution in [0.1, 0.15) is 0 Å². The zero-order chi connectivity index (χ0) is 16.1. The molecule has 0 unspecified atom stereocenters. The number of carbonyl (C=O) groups is 2. The molecule has 0 rings (SSSR count). The standard InChI is InChI=1S/C12H20O8Si/c1-5-11(13)17-7-9-19-21(15-3,16-4)20-10-8-18-12(14)6-2/h5-6H,1-2,7-10H2,3-4H3. The lowest BCUT2D eigenvalue weighted by Crippen LogP contribution is -2.48. The van der Waals surface area contributed by atoms with Crippen LogP contribution in [0.3, 0.4) is 0 Å². The van der Waals surface area contributed by atoms with Gasteiger partial charge in [-0.1, -0.05) is 13.2 Å². The number of hydrogen-bond acceptors (Lipinski definition) is 8. The maximum absolute atomic E-state index is 10.8. The number of hydrogen-bond donors (Lipinski definition) is 0. The molecule has 0 saturated carbocycles. The summed E-state index contributed by atoms with van der Waals surface area (Å²) >= 11 is 0. The van der Waals surface area contributed by atoms with Gasteiger partial charge in [-0.25, -0.2) is 9.59 Å². The number of rotatable bonds is 12. The molecule has 120 valence electrons. The molecule has 0 radical (unpaired) electrons. The van der Waals surface area contributed by atoms with Gasteiger partial charge in [-0.3, -0.25) is 0 Å². The van der Waals surface area contributed by atoms with E-state index < -0.39 is 21.0 Å². The van der Waals surface area contributed by atoms with Gasteiger partial charge >= 0.3 is 21.0 Å². The summed E-state index contributed by atoms with van der Waals surface area (Å²) < 4.78 is 30.4. The highest BCUT2D eigenvalue weighted by molar-refractivity contribution is 6.53. The average Bonchev–Trinajstić information content (AvgIpc) is 2.53. The summed E-state index contributed by atoms with van der Waals surface area (Å²) in [5.41, 5.74) is 0. The quantitative estimate of drug-likeness (QED) is 0.218. The minimum absolute atomic E-state index is 0.00112. The van der Waals surface area contributed by atoms with Gasteiger partial charge in [0.1, 0.15) is 13.2 Å². The van der Waals surface area contributed by atoms with Crippen LogP contribution in [-0.2, 0) is 36.8 Å². The predicted molar refractivity (Wildman–Crippen MR) is 74.0 cm³/mol. The van der Waals surface area contributed by atoms with Crippen LogP contribution in [0.5, 0.6) is 0 Å². The van der Waals surface area contributed by atoms with Crippen LogP contribution in [0.2, 0.25) is 0 Å². The Kier molecular flexibility index (Phi) is 10.4. The normalized spacial score (nSPS) is 10.8. The Morgan fingerprint density at radius 2 is 1.24 bits per heavy atom. The van der Waals surface area contributed by atoms with E-state index in [4.69, 9.17) is 27.2 Å². The van der Waals surface area contributed by atoms with E-state index in [1.54, 1.807) is 0 Å². The van der Waals surface area contributed by atoms with E-state index >= 15 is 0 Å². The van der Waals surface area contributed by atoms with Gasteiger partial charge in [0.05, 0.1) is 13.2 Å². The molecule has 0 aliphatic rings. The second kappa shape index (κ2) is 11.2. The van der Waals surface area contributed by atoms with Crippen molar-refractivity contribution in [2.24, 2.45) is 0 Å². The Bertz CT molecular complexity index is 323. The lowest BCUT2D eigenvalue weighted by Gasteiger charge is -2.24. The van der Waals surface area contributed by atoms with Crippen LogP contribution in [-0.4, -0.2) is 61.6 Å². The van der Waals surface area contributed by atoms with Crippen molar-refractivity contribution in [1.82, 2.24) is 0 Å². The summed E-state index contributed by atoms with van der Waals surface area (Å²) in [6.07, 6.45) is 2.09. The number of esters is 2. The van der Waals surface area contributed by atoms with Crippen LogP contribution in [0, 0.1) is 0 Å². The van der Waals surface area contributed by atoms with E-state index in [1.807, 2.05) is 0 Å². The molecule has 0 atom stereocenters. The fourth-order valence-electron chi connectivity index (χ4n) is 1.10. The first-order valence-corrected chi connectivity index (χ1v) is 7.63. The molecular weight excluding hydrogens is 300 g/mol. The first-order valence-electron chi connectivity index (χ1n) is 6.00. The van der Waals surface area contributed by atoms with E-state index in [1.165, 1.54) is 14.2 Å². The van der Waals surface area contributed by atoms with Gasteiger partial charge in [-0.15, -0.1) is 0 Å². The van der Waals surface area contributed by atoms with Crippen molar-refractivity contribution in [3.8, 4) is 0 Å². The largest absolute Gasteiger partial charge is 0.679 e. The van der Waals surface area contributed by atoms with Gasteiger partial charge in [-0.05, 0) is 0 Å². The fraction of sp³-hybridized carbons (Fsp3) is 0.500. The summed E-state index contributed by atoms with van der Waals surface area (Å²) in [7, 11) is -0.617. The average molecular weight is 320 g/mol. The molecule has 8 nitrogen and oxygen atoms in total. The molecule has 0 heterocycles. The molecule has 0 spiro atoms. The Balaban J connectivity index is 4.10. The van der Waals surface area contributed by atoms with Gasteiger partial charge in [0.25, 0.3) is 0 Å². The minimum Gasteiger partial charge on any atom is -0.460 e. The van der Waals surface area contributed by atoms with Crippen molar-refractivity contribution in [1.29, 1.82) is 0 Å². The smallest absolute Gasteiger partial charge is 0.460 e. The summed E-state index contributed by atoms with van der Waals surface area (Å²) in [6, 6.07) is 0. The first kappa shape index (κ1) is 19.5. The fourth-order valence-corrected chi connectivity index (χ4v) is 2.48. The highest BCUT2D eigenvalue weighted by Crippen LogP contribution is 2.09. The summed E-state index contributed by atoms with van der Waals surface area (Å²) in [4.78, 5) is 21.7. The molecule has 0 N–H and O–H groups in total.